The van der Waals surface area contributed by atoms with Crippen LogP contribution >= 0.6 is 0 Å². The van der Waals surface area contributed by atoms with Crippen molar-refractivity contribution in [2.24, 2.45) is 0 Å². The number of benzene rings is 1. The molecular weight excluding hydrogens is 271 g/mol. The van der Waals surface area contributed by atoms with Crippen molar-refractivity contribution in [1.29, 1.82) is 0 Å². The van der Waals surface area contributed by atoms with Crippen LogP contribution in [0.4, 0.5) is 13.2 Å². The molecule has 0 unspecified atom stereocenters. The van der Waals surface area contributed by atoms with Crippen molar-refractivity contribution in [1.82, 2.24) is 5.32 Å². The number of hydrogen-bond acceptors (Lipinski definition) is 3. The SMILES string of the molecule is CCCNCc1ccc(OCC(F)(F)F)c(OCC)c1. The summed E-state index contributed by atoms with van der Waals surface area (Å²) < 4.78 is 46.6. The lowest BCUT2D eigenvalue weighted by Crippen LogP contribution is -2.19. The minimum atomic E-state index is -4.36. The van der Waals surface area contributed by atoms with Gasteiger partial charge in [-0.15, -0.1) is 0 Å². The predicted molar refractivity (Wildman–Crippen MR) is 71.2 cm³/mol. The van der Waals surface area contributed by atoms with Gasteiger partial charge in [-0.05, 0) is 37.6 Å². The van der Waals surface area contributed by atoms with Crippen LogP contribution in [0.1, 0.15) is 25.8 Å². The van der Waals surface area contributed by atoms with Gasteiger partial charge in [-0.2, -0.15) is 13.2 Å². The van der Waals surface area contributed by atoms with Crippen molar-refractivity contribution in [3.05, 3.63) is 23.8 Å². The molecule has 1 aromatic rings. The first-order chi connectivity index (χ1) is 9.46. The monoisotopic (exact) mass is 291 g/mol. The van der Waals surface area contributed by atoms with Crippen LogP contribution in [0.2, 0.25) is 0 Å². The summed E-state index contributed by atoms with van der Waals surface area (Å²) >= 11 is 0. The van der Waals surface area contributed by atoms with E-state index >= 15 is 0 Å². The fourth-order valence-corrected chi connectivity index (χ4v) is 1.62. The van der Waals surface area contributed by atoms with Gasteiger partial charge in [0.15, 0.2) is 18.1 Å². The number of ether oxygens (including phenoxy) is 2. The zero-order valence-electron chi connectivity index (χ0n) is 11.7. The van der Waals surface area contributed by atoms with Gasteiger partial charge >= 0.3 is 6.18 Å². The van der Waals surface area contributed by atoms with E-state index in [9.17, 15) is 13.2 Å². The Kier molecular flexibility index (Phi) is 6.64. The molecule has 0 aromatic heterocycles. The van der Waals surface area contributed by atoms with Crippen LogP contribution in [0.25, 0.3) is 0 Å². The highest BCUT2D eigenvalue weighted by Crippen LogP contribution is 2.30. The van der Waals surface area contributed by atoms with Crippen LogP contribution in [0.5, 0.6) is 11.5 Å². The van der Waals surface area contributed by atoms with Gasteiger partial charge in [0, 0.05) is 6.54 Å². The number of nitrogens with one attached hydrogen (secondary N) is 1. The van der Waals surface area contributed by atoms with Gasteiger partial charge in [0.1, 0.15) is 0 Å². The van der Waals surface area contributed by atoms with E-state index in [2.05, 4.69) is 12.2 Å². The summed E-state index contributed by atoms with van der Waals surface area (Å²) in [5, 5.41) is 3.22. The smallest absolute Gasteiger partial charge is 0.422 e. The van der Waals surface area contributed by atoms with Crippen LogP contribution in [0.3, 0.4) is 0 Å². The molecule has 3 nitrogen and oxygen atoms in total. The van der Waals surface area contributed by atoms with Gasteiger partial charge in [0.05, 0.1) is 6.61 Å². The normalized spacial score (nSPS) is 11.4. The molecule has 0 bridgehead atoms. The zero-order chi connectivity index (χ0) is 15.0. The molecule has 0 spiro atoms. The molecule has 0 fully saturated rings. The quantitative estimate of drug-likeness (QED) is 0.743. The number of alkyl halides is 3. The van der Waals surface area contributed by atoms with Crippen molar-refractivity contribution in [3.8, 4) is 11.5 Å². The standard InChI is InChI=1S/C14H20F3NO2/c1-3-7-18-9-11-5-6-12(13(8-11)19-4-2)20-10-14(15,16)17/h5-6,8,18H,3-4,7,9-10H2,1-2H3. The molecule has 0 aliphatic rings. The van der Waals surface area contributed by atoms with Gasteiger partial charge in [0.25, 0.3) is 0 Å². The molecule has 114 valence electrons. The third-order valence-corrected chi connectivity index (χ3v) is 2.46. The van der Waals surface area contributed by atoms with Crippen LogP contribution in [0.15, 0.2) is 18.2 Å². The van der Waals surface area contributed by atoms with E-state index in [1.165, 1.54) is 6.07 Å². The lowest BCUT2D eigenvalue weighted by atomic mass is 10.2. The molecule has 0 amide bonds. The van der Waals surface area contributed by atoms with Gasteiger partial charge in [-0.3, -0.25) is 0 Å². The van der Waals surface area contributed by atoms with Crippen molar-refractivity contribution in [2.75, 3.05) is 19.8 Å². The Labute approximate surface area is 117 Å². The molecule has 0 aliphatic carbocycles. The van der Waals surface area contributed by atoms with Crippen molar-refractivity contribution >= 4 is 0 Å². The Balaban J connectivity index is 2.73. The first kappa shape index (κ1) is 16.6. The lowest BCUT2D eigenvalue weighted by molar-refractivity contribution is -0.153. The summed E-state index contributed by atoms with van der Waals surface area (Å²) in [7, 11) is 0. The molecule has 0 aliphatic heterocycles. The second kappa shape index (κ2) is 7.99. The summed E-state index contributed by atoms with van der Waals surface area (Å²) in [4.78, 5) is 0. The minimum absolute atomic E-state index is 0.114. The Morgan fingerprint density at radius 3 is 2.45 bits per heavy atom. The summed E-state index contributed by atoms with van der Waals surface area (Å²) in [6, 6.07) is 4.95. The lowest BCUT2D eigenvalue weighted by Gasteiger charge is -2.14. The van der Waals surface area contributed by atoms with E-state index in [0.29, 0.717) is 18.9 Å². The highest BCUT2D eigenvalue weighted by atomic mass is 19.4. The molecule has 0 saturated carbocycles. The summed E-state index contributed by atoms with van der Waals surface area (Å²) in [6.07, 6.45) is -3.34. The predicted octanol–water partition coefficient (Wildman–Crippen LogP) is 3.53. The Hall–Kier alpha value is -1.43. The second-order valence-corrected chi connectivity index (χ2v) is 4.29. The molecule has 1 N–H and O–H groups in total. The maximum absolute atomic E-state index is 12.2. The van der Waals surface area contributed by atoms with Crippen LogP contribution < -0.4 is 14.8 Å². The largest absolute Gasteiger partial charge is 0.490 e. The van der Waals surface area contributed by atoms with E-state index in [0.717, 1.165) is 18.5 Å². The van der Waals surface area contributed by atoms with Gasteiger partial charge in [-0.25, -0.2) is 0 Å². The zero-order valence-corrected chi connectivity index (χ0v) is 11.7. The van der Waals surface area contributed by atoms with E-state index in [4.69, 9.17) is 9.47 Å². The van der Waals surface area contributed by atoms with Crippen LogP contribution in [0, 0.1) is 0 Å². The highest BCUT2D eigenvalue weighted by Gasteiger charge is 2.29. The van der Waals surface area contributed by atoms with Gasteiger partial charge in [0.2, 0.25) is 0 Å². The highest BCUT2D eigenvalue weighted by molar-refractivity contribution is 5.43. The Morgan fingerprint density at radius 1 is 1.10 bits per heavy atom. The minimum Gasteiger partial charge on any atom is -0.490 e. The molecule has 1 aromatic carbocycles. The summed E-state index contributed by atoms with van der Waals surface area (Å²) in [6.45, 7) is 4.42. The van der Waals surface area contributed by atoms with E-state index in [1.54, 1.807) is 19.1 Å². The molecular formula is C14H20F3NO2. The van der Waals surface area contributed by atoms with Crippen molar-refractivity contribution in [3.63, 3.8) is 0 Å². The number of hydrogen-bond donors (Lipinski definition) is 1. The Bertz CT molecular complexity index is 408. The molecule has 0 heterocycles. The van der Waals surface area contributed by atoms with Crippen molar-refractivity contribution < 1.29 is 22.6 Å². The maximum Gasteiger partial charge on any atom is 0.422 e. The fourth-order valence-electron chi connectivity index (χ4n) is 1.62. The average Bonchev–Trinajstić information content (AvgIpc) is 2.37. The van der Waals surface area contributed by atoms with Crippen LogP contribution in [-0.2, 0) is 6.54 Å². The molecule has 20 heavy (non-hydrogen) atoms. The molecule has 0 radical (unpaired) electrons. The third-order valence-electron chi connectivity index (χ3n) is 2.46. The van der Waals surface area contributed by atoms with E-state index in [1.807, 2.05) is 0 Å². The Morgan fingerprint density at radius 2 is 1.85 bits per heavy atom. The third kappa shape index (κ3) is 6.14. The number of halogens is 3. The summed E-state index contributed by atoms with van der Waals surface area (Å²) in [5.41, 5.74) is 0.946. The van der Waals surface area contributed by atoms with Crippen molar-refractivity contribution in [2.45, 2.75) is 33.0 Å². The topological polar surface area (TPSA) is 30.5 Å². The first-order valence-corrected chi connectivity index (χ1v) is 6.62. The summed E-state index contributed by atoms with van der Waals surface area (Å²) in [5.74, 6) is 0.455. The van der Waals surface area contributed by atoms with Gasteiger partial charge < -0.3 is 14.8 Å². The van der Waals surface area contributed by atoms with E-state index in [-0.39, 0.29) is 5.75 Å². The molecule has 0 atom stereocenters. The molecule has 0 saturated heterocycles. The number of rotatable bonds is 8. The van der Waals surface area contributed by atoms with E-state index < -0.39 is 12.8 Å². The second-order valence-electron chi connectivity index (χ2n) is 4.29. The average molecular weight is 291 g/mol. The first-order valence-electron chi connectivity index (χ1n) is 6.62. The van der Waals surface area contributed by atoms with Gasteiger partial charge in [-0.1, -0.05) is 13.0 Å². The maximum atomic E-state index is 12.2. The van der Waals surface area contributed by atoms with Crippen LogP contribution in [-0.4, -0.2) is 25.9 Å². The molecule has 6 heteroatoms. The molecule has 1 rings (SSSR count). The fraction of sp³-hybridized carbons (Fsp3) is 0.571.